The van der Waals surface area contributed by atoms with E-state index in [9.17, 15) is 4.79 Å². The lowest BCUT2D eigenvalue weighted by Gasteiger charge is -2.07. The first-order valence-corrected chi connectivity index (χ1v) is 7.45. The maximum atomic E-state index is 10.9. The average molecular weight is 290 g/mol. The highest BCUT2D eigenvalue weighted by Gasteiger charge is 1.95. The Morgan fingerprint density at radius 3 is 1.85 bits per heavy atom. The average Bonchev–Trinajstić information content (AvgIpc) is 2.47. The fourth-order valence-corrected chi connectivity index (χ4v) is 1.42. The monoisotopic (exact) mass is 290 g/mol. The number of hydrogen-bond acceptors (Lipinski definition) is 5. The fraction of sp³-hybridized carbons (Fsp3) is 0.929. The second-order valence-electron chi connectivity index (χ2n) is 4.35. The predicted octanol–water partition coefficient (Wildman–Crippen LogP) is 0.562. The normalized spacial score (nSPS) is 10.7. The smallest absolute Gasteiger partial charge is 0.219 e. The van der Waals surface area contributed by atoms with Crippen LogP contribution in [0.5, 0.6) is 0 Å². The quantitative estimate of drug-likeness (QED) is 0.431. The van der Waals surface area contributed by atoms with Crippen molar-refractivity contribution in [1.82, 2.24) is 10.6 Å². The number of carbonyl (C=O) groups is 1. The second kappa shape index (κ2) is 16.4. The van der Waals surface area contributed by atoms with Crippen molar-refractivity contribution < 1.29 is 19.0 Å². The van der Waals surface area contributed by atoms with Gasteiger partial charge in [0, 0.05) is 26.2 Å². The van der Waals surface area contributed by atoms with Gasteiger partial charge in [-0.05, 0) is 26.4 Å². The van der Waals surface area contributed by atoms with Crippen molar-refractivity contribution in [2.75, 3.05) is 59.8 Å². The van der Waals surface area contributed by atoms with Crippen LogP contribution in [0.1, 0.15) is 26.2 Å². The van der Waals surface area contributed by atoms with Gasteiger partial charge >= 0.3 is 0 Å². The number of carbonyl (C=O) groups excluding carboxylic acids is 1. The molecule has 2 N–H and O–H groups in total. The molecule has 6 heteroatoms. The summed E-state index contributed by atoms with van der Waals surface area (Å²) in [7, 11) is 1.93. The van der Waals surface area contributed by atoms with Gasteiger partial charge in [0.2, 0.25) is 5.91 Å². The minimum atomic E-state index is 0.0862. The van der Waals surface area contributed by atoms with Crippen LogP contribution in [-0.2, 0) is 19.0 Å². The molecule has 0 unspecified atom stereocenters. The van der Waals surface area contributed by atoms with Crippen LogP contribution in [0.25, 0.3) is 0 Å². The van der Waals surface area contributed by atoms with Crippen molar-refractivity contribution in [1.29, 1.82) is 0 Å². The molecule has 0 aromatic carbocycles. The van der Waals surface area contributed by atoms with Crippen LogP contribution < -0.4 is 10.6 Å². The molecular weight excluding hydrogens is 260 g/mol. The number of rotatable bonds is 15. The van der Waals surface area contributed by atoms with E-state index in [4.69, 9.17) is 14.2 Å². The molecule has 0 rings (SSSR count). The minimum absolute atomic E-state index is 0.0862. The molecule has 0 saturated carbocycles. The molecule has 0 bridgehead atoms. The Kier molecular flexibility index (Phi) is 15.8. The summed E-state index contributed by atoms with van der Waals surface area (Å²) in [5.74, 6) is 0.0862. The first-order valence-electron chi connectivity index (χ1n) is 7.45. The van der Waals surface area contributed by atoms with E-state index in [-0.39, 0.29) is 5.91 Å². The largest absolute Gasteiger partial charge is 0.379 e. The van der Waals surface area contributed by atoms with E-state index < -0.39 is 0 Å². The number of amides is 1. The minimum Gasteiger partial charge on any atom is -0.379 e. The van der Waals surface area contributed by atoms with Gasteiger partial charge in [0.05, 0.1) is 26.4 Å². The lowest BCUT2D eigenvalue weighted by molar-refractivity contribution is -0.120. The van der Waals surface area contributed by atoms with Crippen LogP contribution in [0.4, 0.5) is 0 Å². The summed E-state index contributed by atoms with van der Waals surface area (Å²) in [4.78, 5) is 10.9. The van der Waals surface area contributed by atoms with E-state index in [1.165, 1.54) is 0 Å². The van der Waals surface area contributed by atoms with Crippen molar-refractivity contribution in [3.05, 3.63) is 0 Å². The van der Waals surface area contributed by atoms with Gasteiger partial charge in [-0.3, -0.25) is 4.79 Å². The summed E-state index contributed by atoms with van der Waals surface area (Å²) in [5.41, 5.74) is 0. The van der Waals surface area contributed by atoms with Gasteiger partial charge in [0.1, 0.15) is 0 Å². The molecule has 0 aromatic rings. The molecule has 0 aliphatic heterocycles. The molecule has 0 heterocycles. The molecular formula is C14H30N2O4. The first-order chi connectivity index (χ1) is 9.81. The van der Waals surface area contributed by atoms with Gasteiger partial charge in [0.25, 0.3) is 0 Å². The van der Waals surface area contributed by atoms with Crippen molar-refractivity contribution in [3.8, 4) is 0 Å². The van der Waals surface area contributed by atoms with Crippen LogP contribution in [0, 0.1) is 0 Å². The summed E-state index contributed by atoms with van der Waals surface area (Å²) < 4.78 is 16.1. The standard InChI is InChI=1S/C14H30N2O4/c1-3-14(17)16-7-5-9-19-11-13-20-12-10-18-8-4-6-15-2/h15H,3-13H2,1-2H3,(H,16,17). The van der Waals surface area contributed by atoms with E-state index in [1.54, 1.807) is 0 Å². The highest BCUT2D eigenvalue weighted by atomic mass is 16.5. The summed E-state index contributed by atoms with van der Waals surface area (Å²) in [6.07, 6.45) is 2.39. The van der Waals surface area contributed by atoms with Crippen LogP contribution in [0.15, 0.2) is 0 Å². The maximum absolute atomic E-state index is 10.9. The van der Waals surface area contributed by atoms with Gasteiger partial charge in [-0.1, -0.05) is 6.92 Å². The Bertz CT molecular complexity index is 215. The van der Waals surface area contributed by atoms with Gasteiger partial charge in [0.15, 0.2) is 0 Å². The van der Waals surface area contributed by atoms with Gasteiger partial charge in [-0.2, -0.15) is 0 Å². The van der Waals surface area contributed by atoms with Gasteiger partial charge in [-0.15, -0.1) is 0 Å². The lowest BCUT2D eigenvalue weighted by atomic mass is 10.4. The molecule has 120 valence electrons. The summed E-state index contributed by atoms with van der Waals surface area (Å²) in [6.45, 7) is 7.32. The Hall–Kier alpha value is -0.690. The van der Waals surface area contributed by atoms with E-state index >= 15 is 0 Å². The zero-order valence-corrected chi connectivity index (χ0v) is 12.9. The SMILES string of the molecule is CCC(=O)NCCCOCCOCCOCCCNC. The lowest BCUT2D eigenvalue weighted by Crippen LogP contribution is -2.24. The molecule has 0 saturated heterocycles. The third kappa shape index (κ3) is 15.4. The van der Waals surface area contributed by atoms with E-state index in [1.807, 2.05) is 14.0 Å². The van der Waals surface area contributed by atoms with Crippen molar-refractivity contribution in [3.63, 3.8) is 0 Å². The van der Waals surface area contributed by atoms with Crippen molar-refractivity contribution in [2.45, 2.75) is 26.2 Å². The van der Waals surface area contributed by atoms with E-state index in [2.05, 4.69) is 10.6 Å². The molecule has 0 aliphatic carbocycles. The van der Waals surface area contributed by atoms with Crippen molar-refractivity contribution in [2.24, 2.45) is 0 Å². The predicted molar refractivity (Wildman–Crippen MR) is 78.9 cm³/mol. The Morgan fingerprint density at radius 1 is 0.850 bits per heavy atom. The highest BCUT2D eigenvalue weighted by molar-refractivity contribution is 5.75. The van der Waals surface area contributed by atoms with Gasteiger partial charge in [-0.25, -0.2) is 0 Å². The molecule has 0 fully saturated rings. The summed E-state index contributed by atoms with van der Waals surface area (Å²) in [5, 5.41) is 5.87. The topological polar surface area (TPSA) is 68.8 Å². The Balaban J connectivity index is 2.97. The molecule has 20 heavy (non-hydrogen) atoms. The first kappa shape index (κ1) is 19.3. The third-order valence-electron chi connectivity index (χ3n) is 2.57. The Morgan fingerprint density at radius 2 is 1.35 bits per heavy atom. The molecule has 0 spiro atoms. The zero-order chi connectivity index (χ0) is 14.9. The van der Waals surface area contributed by atoms with E-state index in [0.29, 0.717) is 46.0 Å². The van der Waals surface area contributed by atoms with E-state index in [0.717, 1.165) is 26.0 Å². The molecule has 0 radical (unpaired) electrons. The fourth-order valence-electron chi connectivity index (χ4n) is 1.42. The van der Waals surface area contributed by atoms with Crippen LogP contribution in [-0.4, -0.2) is 65.7 Å². The maximum Gasteiger partial charge on any atom is 0.219 e. The van der Waals surface area contributed by atoms with Crippen LogP contribution in [0.3, 0.4) is 0 Å². The number of ether oxygens (including phenoxy) is 3. The number of hydrogen-bond donors (Lipinski definition) is 2. The number of nitrogens with one attached hydrogen (secondary N) is 2. The Labute approximate surface area is 122 Å². The molecule has 6 nitrogen and oxygen atoms in total. The molecule has 1 amide bonds. The van der Waals surface area contributed by atoms with Crippen LogP contribution in [0.2, 0.25) is 0 Å². The summed E-state index contributed by atoms with van der Waals surface area (Å²) in [6, 6.07) is 0. The highest BCUT2D eigenvalue weighted by Crippen LogP contribution is 1.86. The zero-order valence-electron chi connectivity index (χ0n) is 12.9. The summed E-state index contributed by atoms with van der Waals surface area (Å²) >= 11 is 0. The molecule has 0 aromatic heterocycles. The molecule has 0 atom stereocenters. The van der Waals surface area contributed by atoms with Gasteiger partial charge < -0.3 is 24.8 Å². The third-order valence-corrected chi connectivity index (χ3v) is 2.57. The second-order valence-corrected chi connectivity index (χ2v) is 4.35. The van der Waals surface area contributed by atoms with Crippen LogP contribution >= 0.6 is 0 Å². The van der Waals surface area contributed by atoms with Crippen molar-refractivity contribution >= 4 is 5.91 Å². The molecule has 0 aliphatic rings.